The second-order valence-electron chi connectivity index (χ2n) is 7.58. The van der Waals surface area contributed by atoms with Crippen molar-refractivity contribution < 1.29 is 19.1 Å². The van der Waals surface area contributed by atoms with Gasteiger partial charge in [0.05, 0.1) is 11.5 Å². The zero-order chi connectivity index (χ0) is 24.5. The van der Waals surface area contributed by atoms with Crippen LogP contribution in [-0.4, -0.2) is 43.4 Å². The number of benzene rings is 1. The molecule has 0 saturated carbocycles. The molecule has 8 nitrogen and oxygen atoms in total. The molecular weight excluding hydrogens is 472 g/mol. The third kappa shape index (κ3) is 8.75. The van der Waals surface area contributed by atoms with Gasteiger partial charge in [0.15, 0.2) is 10.3 Å². The molecule has 3 aromatic rings. The van der Waals surface area contributed by atoms with Crippen LogP contribution in [0.4, 0.5) is 0 Å². The summed E-state index contributed by atoms with van der Waals surface area (Å²) >= 11 is 2.51. The summed E-state index contributed by atoms with van der Waals surface area (Å²) in [5, 5.41) is 1.13. The summed E-state index contributed by atoms with van der Waals surface area (Å²) in [6, 6.07) is 11.1. The highest BCUT2D eigenvalue weighted by Crippen LogP contribution is 2.16. The van der Waals surface area contributed by atoms with Crippen molar-refractivity contribution in [2.45, 2.75) is 51.2 Å². The van der Waals surface area contributed by atoms with E-state index in [4.69, 9.17) is 9.47 Å². The first-order valence-corrected chi connectivity index (χ1v) is 12.5. The summed E-state index contributed by atoms with van der Waals surface area (Å²) in [6.45, 7) is 7.90. The van der Waals surface area contributed by atoms with Crippen LogP contribution < -0.4 is 0 Å². The largest absolute Gasteiger partial charge is 0.460 e. The Hall–Kier alpha value is -2.98. The van der Waals surface area contributed by atoms with Gasteiger partial charge in [-0.3, -0.25) is 9.59 Å². The number of nitrogens with zero attached hydrogens (tertiary/aromatic N) is 4. The van der Waals surface area contributed by atoms with E-state index in [0.717, 1.165) is 33.9 Å². The lowest BCUT2D eigenvalue weighted by Gasteiger charge is -2.08. The first-order valence-electron chi connectivity index (χ1n) is 10.6. The molecule has 0 spiro atoms. The predicted octanol–water partition coefficient (Wildman–Crippen LogP) is 4.17. The maximum absolute atomic E-state index is 12.0. The molecule has 0 bridgehead atoms. The van der Waals surface area contributed by atoms with E-state index in [1.165, 1.54) is 23.5 Å². The Morgan fingerprint density at radius 3 is 1.29 bits per heavy atom. The van der Waals surface area contributed by atoms with Gasteiger partial charge in [-0.1, -0.05) is 47.8 Å². The Morgan fingerprint density at radius 2 is 0.971 bits per heavy atom. The molecule has 2 aromatic heterocycles. The van der Waals surface area contributed by atoms with E-state index in [-0.39, 0.29) is 36.7 Å². The minimum absolute atomic E-state index is 0.141. The van der Waals surface area contributed by atoms with Crippen LogP contribution in [0.5, 0.6) is 0 Å². The maximum Gasteiger partial charge on any atom is 0.316 e. The molecule has 10 heteroatoms. The zero-order valence-electron chi connectivity index (χ0n) is 19.5. The van der Waals surface area contributed by atoms with Crippen LogP contribution in [0.25, 0.3) is 0 Å². The summed E-state index contributed by atoms with van der Waals surface area (Å²) < 4.78 is 10.6. The molecule has 0 atom stereocenters. The number of rotatable bonds is 10. The lowest BCUT2D eigenvalue weighted by molar-refractivity contribution is -0.142. The fourth-order valence-corrected chi connectivity index (χ4v) is 4.40. The molecule has 0 radical (unpaired) electrons. The van der Waals surface area contributed by atoms with E-state index in [1.54, 1.807) is 0 Å². The molecule has 0 aliphatic rings. The van der Waals surface area contributed by atoms with Crippen molar-refractivity contribution in [3.63, 3.8) is 0 Å². The molecule has 178 valence electrons. The van der Waals surface area contributed by atoms with Crippen molar-refractivity contribution in [2.24, 2.45) is 0 Å². The lowest BCUT2D eigenvalue weighted by atomic mass is 10.1. The van der Waals surface area contributed by atoms with E-state index < -0.39 is 0 Å². The van der Waals surface area contributed by atoms with Crippen LogP contribution in [0.15, 0.2) is 46.7 Å². The molecule has 1 aromatic carbocycles. The molecule has 0 amide bonds. The van der Waals surface area contributed by atoms with Gasteiger partial charge in [0.25, 0.3) is 0 Å². The van der Waals surface area contributed by atoms with Gasteiger partial charge in [0.2, 0.25) is 0 Å². The van der Waals surface area contributed by atoms with Gasteiger partial charge < -0.3 is 9.47 Å². The number of aromatic nitrogens is 4. The average molecular weight is 499 g/mol. The van der Waals surface area contributed by atoms with Crippen LogP contribution in [0.1, 0.15) is 33.9 Å². The van der Waals surface area contributed by atoms with Crippen molar-refractivity contribution in [1.29, 1.82) is 0 Å². The highest BCUT2D eigenvalue weighted by Gasteiger charge is 2.10. The third-order valence-electron chi connectivity index (χ3n) is 4.38. The molecule has 34 heavy (non-hydrogen) atoms. The summed E-state index contributed by atoms with van der Waals surface area (Å²) in [4.78, 5) is 41.3. The molecule has 0 aliphatic carbocycles. The quantitative estimate of drug-likeness (QED) is 0.230. The number of hydrogen-bond acceptors (Lipinski definition) is 10. The second kappa shape index (κ2) is 12.5. The van der Waals surface area contributed by atoms with Gasteiger partial charge in [0.1, 0.15) is 13.2 Å². The van der Waals surface area contributed by atoms with E-state index in [9.17, 15) is 9.59 Å². The minimum Gasteiger partial charge on any atom is -0.460 e. The molecule has 0 saturated heterocycles. The summed E-state index contributed by atoms with van der Waals surface area (Å²) in [6.07, 6.45) is 0. The standard InChI is InChI=1S/C24H26N4O4S2/c1-15-9-16(2)26-23(25-15)33-13-21(29)31-11-19-5-7-20(8-6-19)12-32-22(30)14-34-24-27-17(3)10-18(4)28-24/h5-10H,11-14H2,1-4H3. The number of hydrogen-bond donors (Lipinski definition) is 0. The van der Waals surface area contributed by atoms with Crippen LogP contribution in [0.2, 0.25) is 0 Å². The number of carbonyl (C=O) groups excluding carboxylic acids is 2. The normalized spacial score (nSPS) is 10.7. The van der Waals surface area contributed by atoms with E-state index >= 15 is 0 Å². The smallest absolute Gasteiger partial charge is 0.316 e. The molecule has 3 rings (SSSR count). The minimum atomic E-state index is -0.337. The summed E-state index contributed by atoms with van der Waals surface area (Å²) in [7, 11) is 0. The number of aryl methyl sites for hydroxylation is 4. The Labute approximate surface area is 207 Å². The first-order chi connectivity index (χ1) is 16.3. The van der Waals surface area contributed by atoms with Gasteiger partial charge in [-0.2, -0.15) is 0 Å². The molecule has 0 fully saturated rings. The van der Waals surface area contributed by atoms with Crippen molar-refractivity contribution in [3.05, 3.63) is 70.3 Å². The lowest BCUT2D eigenvalue weighted by Crippen LogP contribution is -2.09. The number of ether oxygens (including phenoxy) is 2. The highest BCUT2D eigenvalue weighted by atomic mass is 32.2. The SMILES string of the molecule is Cc1cc(C)nc(SCC(=O)OCc2ccc(COC(=O)CSc3nc(C)cc(C)n3)cc2)n1. The second-order valence-corrected chi connectivity index (χ2v) is 9.47. The number of esters is 2. The monoisotopic (exact) mass is 498 g/mol. The van der Waals surface area contributed by atoms with Crippen LogP contribution in [-0.2, 0) is 32.3 Å². The fraction of sp³-hybridized carbons (Fsp3) is 0.333. The first kappa shape index (κ1) is 25.6. The van der Waals surface area contributed by atoms with Crippen LogP contribution in [0, 0.1) is 27.7 Å². The van der Waals surface area contributed by atoms with Gasteiger partial charge in [0, 0.05) is 22.8 Å². The fourth-order valence-electron chi connectivity index (χ4n) is 2.91. The molecule has 0 N–H and O–H groups in total. The van der Waals surface area contributed by atoms with Gasteiger partial charge in [-0.25, -0.2) is 19.9 Å². The van der Waals surface area contributed by atoms with Crippen molar-refractivity contribution in [3.8, 4) is 0 Å². The molecular formula is C24H26N4O4S2. The van der Waals surface area contributed by atoms with Gasteiger partial charge in [-0.15, -0.1) is 0 Å². The van der Waals surface area contributed by atoms with Gasteiger partial charge in [-0.05, 0) is 51.0 Å². The molecule has 0 aliphatic heterocycles. The van der Waals surface area contributed by atoms with Crippen molar-refractivity contribution in [1.82, 2.24) is 19.9 Å². The Kier molecular flexibility index (Phi) is 9.41. The maximum atomic E-state index is 12.0. The van der Waals surface area contributed by atoms with Crippen LogP contribution >= 0.6 is 23.5 Å². The van der Waals surface area contributed by atoms with E-state index in [1.807, 2.05) is 64.1 Å². The Balaban J connectivity index is 1.37. The van der Waals surface area contributed by atoms with Crippen molar-refractivity contribution >= 4 is 35.5 Å². The van der Waals surface area contributed by atoms with E-state index in [2.05, 4.69) is 19.9 Å². The predicted molar refractivity (Wildman–Crippen MR) is 130 cm³/mol. The Morgan fingerprint density at radius 1 is 0.647 bits per heavy atom. The van der Waals surface area contributed by atoms with Crippen molar-refractivity contribution in [2.75, 3.05) is 11.5 Å². The topological polar surface area (TPSA) is 104 Å². The third-order valence-corrected chi connectivity index (χ3v) is 6.03. The van der Waals surface area contributed by atoms with E-state index in [0.29, 0.717) is 10.3 Å². The van der Waals surface area contributed by atoms with Gasteiger partial charge >= 0.3 is 11.9 Å². The Bertz CT molecular complexity index is 1030. The number of thioether (sulfide) groups is 2. The summed E-state index contributed by atoms with van der Waals surface area (Å²) in [5.74, 6) is -0.392. The zero-order valence-corrected chi connectivity index (χ0v) is 21.2. The summed E-state index contributed by atoms with van der Waals surface area (Å²) in [5.41, 5.74) is 5.15. The number of carbonyl (C=O) groups is 2. The average Bonchev–Trinajstić information content (AvgIpc) is 2.78. The molecule has 2 heterocycles. The highest BCUT2D eigenvalue weighted by molar-refractivity contribution is 8.00. The van der Waals surface area contributed by atoms with Crippen LogP contribution in [0.3, 0.4) is 0 Å². The molecule has 0 unspecified atom stereocenters.